The maximum absolute atomic E-state index is 8.88. The zero-order valence-corrected chi connectivity index (χ0v) is 17.5. The minimum absolute atomic E-state index is 0.435. The molecule has 0 atom stereocenters. The van der Waals surface area contributed by atoms with Crippen molar-refractivity contribution in [1.82, 2.24) is 0 Å². The zero-order chi connectivity index (χ0) is 21.2. The van der Waals surface area contributed by atoms with Crippen molar-refractivity contribution in [3.63, 3.8) is 0 Å². The van der Waals surface area contributed by atoms with Gasteiger partial charge in [-0.15, -0.1) is 0 Å². The van der Waals surface area contributed by atoms with Crippen molar-refractivity contribution in [3.05, 3.63) is 78.0 Å². The first-order valence-electron chi connectivity index (χ1n) is 11.4. The van der Waals surface area contributed by atoms with Crippen LogP contribution in [-0.2, 0) is 7.05 Å². The molecule has 5 aromatic rings. The van der Waals surface area contributed by atoms with Crippen LogP contribution in [0.25, 0.3) is 44.0 Å². The van der Waals surface area contributed by atoms with Crippen LogP contribution in [0.4, 0.5) is 0 Å². The van der Waals surface area contributed by atoms with Crippen LogP contribution in [0.15, 0.2) is 71.3 Å². The molecule has 30 heavy (non-hydrogen) atoms. The summed E-state index contributed by atoms with van der Waals surface area (Å²) < 4.78 is 17.5. The van der Waals surface area contributed by atoms with E-state index in [1.807, 2.05) is 0 Å². The standard InChI is InChI=1S/C28H26NO/c1-18-11-14-23-27-22-10-6-5-9-20(22)13-16-25(27)30-28(23)26(18)24-15-12-21(17-29(24)2)19-7-3-4-8-19/h5-6,9-17,19H,3-4,7-8H2,1-2H3/q+1/i19D. The van der Waals surface area contributed by atoms with E-state index in [1.54, 1.807) is 0 Å². The number of rotatable bonds is 2. The van der Waals surface area contributed by atoms with Crippen LogP contribution in [0.1, 0.15) is 44.1 Å². The zero-order valence-electron chi connectivity index (χ0n) is 18.5. The maximum atomic E-state index is 8.88. The lowest BCUT2D eigenvalue weighted by Gasteiger charge is -2.10. The second-order valence-electron chi connectivity index (χ2n) is 8.62. The molecule has 0 bridgehead atoms. The van der Waals surface area contributed by atoms with Gasteiger partial charge >= 0.3 is 0 Å². The topological polar surface area (TPSA) is 17.0 Å². The molecule has 0 N–H and O–H groups in total. The molecule has 1 fully saturated rings. The molecule has 1 aliphatic carbocycles. The van der Waals surface area contributed by atoms with Gasteiger partial charge in [0.15, 0.2) is 6.20 Å². The second kappa shape index (κ2) is 6.70. The Bertz CT molecular complexity index is 1470. The van der Waals surface area contributed by atoms with Gasteiger partial charge in [-0.25, -0.2) is 4.57 Å². The van der Waals surface area contributed by atoms with E-state index < -0.39 is 5.89 Å². The van der Waals surface area contributed by atoms with E-state index in [0.29, 0.717) is 0 Å². The average molecular weight is 394 g/mol. The summed E-state index contributed by atoms with van der Waals surface area (Å²) in [5.74, 6) is -0.435. The van der Waals surface area contributed by atoms with E-state index in [4.69, 9.17) is 5.79 Å². The summed E-state index contributed by atoms with van der Waals surface area (Å²) in [4.78, 5) is 0. The number of fused-ring (bicyclic) bond motifs is 5. The number of benzene rings is 3. The van der Waals surface area contributed by atoms with Gasteiger partial charge in [0.1, 0.15) is 18.2 Å². The molecule has 2 nitrogen and oxygen atoms in total. The van der Waals surface area contributed by atoms with Crippen LogP contribution >= 0.6 is 0 Å². The Morgan fingerprint density at radius 3 is 2.60 bits per heavy atom. The van der Waals surface area contributed by atoms with E-state index in [2.05, 4.69) is 85.4 Å². The first-order valence-corrected chi connectivity index (χ1v) is 10.9. The van der Waals surface area contributed by atoms with Gasteiger partial charge in [-0.2, -0.15) is 0 Å². The molecular weight excluding hydrogens is 366 g/mol. The average Bonchev–Trinajstić information content (AvgIpc) is 3.38. The van der Waals surface area contributed by atoms with Crippen molar-refractivity contribution >= 4 is 32.7 Å². The fourth-order valence-corrected chi connectivity index (χ4v) is 5.19. The third kappa shape index (κ3) is 2.60. The normalized spacial score (nSPS) is 16.5. The highest BCUT2D eigenvalue weighted by Crippen LogP contribution is 2.40. The van der Waals surface area contributed by atoms with Gasteiger partial charge in [0.2, 0.25) is 5.69 Å². The molecule has 2 heteroatoms. The summed E-state index contributed by atoms with van der Waals surface area (Å²) >= 11 is 0. The van der Waals surface area contributed by atoms with Gasteiger partial charge in [-0.3, -0.25) is 0 Å². The Hall–Kier alpha value is -3.13. The molecule has 1 aliphatic rings. The third-order valence-electron chi connectivity index (χ3n) is 6.74. The summed E-state index contributed by atoms with van der Waals surface area (Å²) in [7, 11) is 2.09. The predicted molar refractivity (Wildman–Crippen MR) is 124 cm³/mol. The Morgan fingerprint density at radius 2 is 1.77 bits per heavy atom. The Balaban J connectivity index is 1.61. The van der Waals surface area contributed by atoms with E-state index >= 15 is 0 Å². The summed E-state index contributed by atoms with van der Waals surface area (Å²) in [6, 6.07) is 21.5. The molecule has 0 amide bonds. The van der Waals surface area contributed by atoms with Gasteiger partial charge in [0, 0.05) is 23.8 Å². The third-order valence-corrected chi connectivity index (χ3v) is 6.74. The fraction of sp³-hybridized carbons (Fsp3) is 0.250. The minimum atomic E-state index is -0.435. The largest absolute Gasteiger partial charge is 0.455 e. The van der Waals surface area contributed by atoms with Crippen LogP contribution in [0, 0.1) is 6.92 Å². The number of pyridine rings is 1. The molecule has 2 aromatic heterocycles. The van der Waals surface area contributed by atoms with Crippen LogP contribution < -0.4 is 4.57 Å². The number of nitrogens with zero attached hydrogens (tertiary/aromatic N) is 1. The molecule has 0 unspecified atom stereocenters. The molecule has 0 aliphatic heterocycles. The van der Waals surface area contributed by atoms with Crippen LogP contribution in [0.3, 0.4) is 0 Å². The lowest BCUT2D eigenvalue weighted by atomic mass is 9.96. The molecule has 148 valence electrons. The van der Waals surface area contributed by atoms with Crippen molar-refractivity contribution in [1.29, 1.82) is 0 Å². The van der Waals surface area contributed by atoms with E-state index in [-0.39, 0.29) is 0 Å². The Morgan fingerprint density at radius 1 is 0.933 bits per heavy atom. The monoisotopic (exact) mass is 393 g/mol. The summed E-state index contributed by atoms with van der Waals surface area (Å²) in [5.41, 5.74) is 6.44. The van der Waals surface area contributed by atoms with Crippen molar-refractivity contribution in [2.75, 3.05) is 0 Å². The van der Waals surface area contributed by atoms with Crippen molar-refractivity contribution < 1.29 is 10.4 Å². The van der Waals surface area contributed by atoms with Crippen molar-refractivity contribution in [3.8, 4) is 11.3 Å². The lowest BCUT2D eigenvalue weighted by Crippen LogP contribution is -2.31. The van der Waals surface area contributed by atoms with E-state index in [9.17, 15) is 0 Å². The maximum Gasteiger partial charge on any atom is 0.216 e. The minimum Gasteiger partial charge on any atom is -0.455 e. The Kier molecular flexibility index (Phi) is 3.72. The molecule has 0 spiro atoms. The molecule has 2 heterocycles. The first-order chi connectivity index (χ1) is 15.0. The molecule has 1 saturated carbocycles. The van der Waals surface area contributed by atoms with Crippen molar-refractivity contribution in [2.45, 2.75) is 38.5 Å². The number of hydrogen-bond acceptors (Lipinski definition) is 1. The Labute approximate surface area is 178 Å². The van der Waals surface area contributed by atoms with Crippen LogP contribution in [-0.4, -0.2) is 0 Å². The molecule has 6 rings (SSSR count). The SMILES string of the molecule is [2H]C1(c2ccc(-c3c(C)ccc4c3oc3ccc5ccccc5c34)[n+](C)c2)CCCC1. The number of aryl methyl sites for hydroxylation is 2. The van der Waals surface area contributed by atoms with Crippen LogP contribution in [0.2, 0.25) is 0 Å². The van der Waals surface area contributed by atoms with Gasteiger partial charge in [-0.05, 0) is 54.1 Å². The fourth-order valence-electron chi connectivity index (χ4n) is 5.19. The summed E-state index contributed by atoms with van der Waals surface area (Å²) in [6.45, 7) is 2.15. The highest BCUT2D eigenvalue weighted by Gasteiger charge is 2.24. The number of hydrogen-bond donors (Lipinski definition) is 0. The van der Waals surface area contributed by atoms with Gasteiger partial charge in [0.25, 0.3) is 0 Å². The van der Waals surface area contributed by atoms with Gasteiger partial charge in [-0.1, -0.05) is 55.3 Å². The smallest absolute Gasteiger partial charge is 0.216 e. The highest BCUT2D eigenvalue weighted by atomic mass is 16.3. The predicted octanol–water partition coefficient (Wildman–Crippen LogP) is 7.20. The number of aromatic nitrogens is 1. The van der Waals surface area contributed by atoms with E-state index in [0.717, 1.165) is 59.1 Å². The molecular formula is C28H26NO+. The second-order valence-corrected chi connectivity index (χ2v) is 8.62. The molecule has 3 aromatic carbocycles. The molecule has 0 radical (unpaired) electrons. The van der Waals surface area contributed by atoms with Gasteiger partial charge < -0.3 is 4.42 Å². The lowest BCUT2D eigenvalue weighted by molar-refractivity contribution is -0.660. The summed E-state index contributed by atoms with van der Waals surface area (Å²) in [6.07, 6.45) is 6.37. The van der Waals surface area contributed by atoms with Gasteiger partial charge in [0.05, 0.1) is 5.56 Å². The highest BCUT2D eigenvalue weighted by molar-refractivity contribution is 6.20. The first kappa shape index (κ1) is 16.6. The van der Waals surface area contributed by atoms with E-state index in [1.165, 1.54) is 21.7 Å². The quantitative estimate of drug-likeness (QED) is 0.290. The summed E-state index contributed by atoms with van der Waals surface area (Å²) in [5, 5.41) is 4.80. The molecule has 0 saturated heterocycles. The van der Waals surface area contributed by atoms with Crippen LogP contribution in [0.5, 0.6) is 0 Å². The van der Waals surface area contributed by atoms with Crippen molar-refractivity contribution in [2.24, 2.45) is 7.05 Å². The number of furan rings is 1.